The Morgan fingerprint density at radius 2 is 1.81 bits per heavy atom. The lowest BCUT2D eigenvalue weighted by Crippen LogP contribution is -2.41. The summed E-state index contributed by atoms with van der Waals surface area (Å²) in [6, 6.07) is 16.4. The van der Waals surface area contributed by atoms with Gasteiger partial charge in [0.05, 0.1) is 5.52 Å². The van der Waals surface area contributed by atoms with Gasteiger partial charge in [-0.05, 0) is 35.6 Å². The summed E-state index contributed by atoms with van der Waals surface area (Å²) < 4.78 is 13.6. The molecule has 2 aromatic carbocycles. The first-order valence-electron chi connectivity index (χ1n) is 10.0. The molecule has 0 bridgehead atoms. The number of aryl methyl sites for hydroxylation is 1. The molecule has 2 aromatic heterocycles. The zero-order valence-corrected chi connectivity index (χ0v) is 17.8. The highest BCUT2D eigenvalue weighted by molar-refractivity contribution is 7.17. The van der Waals surface area contributed by atoms with Crippen LogP contribution in [0, 0.1) is 0 Å². The van der Waals surface area contributed by atoms with Crippen molar-refractivity contribution in [3.8, 4) is 11.5 Å². The van der Waals surface area contributed by atoms with Crippen molar-refractivity contribution in [3.63, 3.8) is 0 Å². The molecule has 8 nitrogen and oxygen atoms in total. The number of anilines is 1. The summed E-state index contributed by atoms with van der Waals surface area (Å²) in [7, 11) is 0. The van der Waals surface area contributed by atoms with Crippen molar-refractivity contribution >= 4 is 33.1 Å². The van der Waals surface area contributed by atoms with E-state index in [4.69, 9.17) is 9.47 Å². The second-order valence-corrected chi connectivity index (χ2v) is 8.23. The first-order valence-corrected chi connectivity index (χ1v) is 10.9. The van der Waals surface area contributed by atoms with Crippen LogP contribution < -0.4 is 26.0 Å². The Morgan fingerprint density at radius 1 is 1.00 bits per heavy atom. The van der Waals surface area contributed by atoms with E-state index in [2.05, 4.69) is 5.32 Å². The third-order valence-corrected chi connectivity index (χ3v) is 6.15. The molecule has 0 unspecified atom stereocenters. The minimum atomic E-state index is -0.502. The maximum absolute atomic E-state index is 13.2. The molecule has 0 fully saturated rings. The highest BCUT2D eigenvalue weighted by Crippen LogP contribution is 2.34. The van der Waals surface area contributed by atoms with E-state index in [9.17, 15) is 14.4 Å². The van der Waals surface area contributed by atoms with Crippen LogP contribution in [0.25, 0.3) is 10.2 Å². The summed E-state index contributed by atoms with van der Waals surface area (Å²) in [6.45, 7) is 0.161. The average molecular weight is 449 g/mol. The van der Waals surface area contributed by atoms with Crippen molar-refractivity contribution in [1.29, 1.82) is 0 Å². The molecule has 0 saturated carbocycles. The fraction of sp³-hybridized carbons (Fsp3) is 0.174. The number of fused-ring (bicyclic) bond motifs is 2. The number of benzene rings is 2. The van der Waals surface area contributed by atoms with Crippen molar-refractivity contribution in [1.82, 2.24) is 9.13 Å². The van der Waals surface area contributed by atoms with E-state index in [0.29, 0.717) is 33.8 Å². The summed E-state index contributed by atoms with van der Waals surface area (Å²) in [5.74, 6) is 0.783. The van der Waals surface area contributed by atoms with Crippen LogP contribution in [0.4, 0.5) is 5.69 Å². The lowest BCUT2D eigenvalue weighted by Gasteiger charge is -2.13. The fourth-order valence-corrected chi connectivity index (χ4v) is 4.53. The SMILES string of the molecule is O=C(Cn1c(=O)n(CCc2ccccc2)c(=O)c2sccc21)Nc1ccc2c(c1)OCO2. The van der Waals surface area contributed by atoms with Crippen molar-refractivity contribution in [3.05, 3.63) is 86.4 Å². The second kappa shape index (κ2) is 8.35. The zero-order valence-electron chi connectivity index (χ0n) is 16.9. The van der Waals surface area contributed by atoms with Gasteiger partial charge < -0.3 is 14.8 Å². The van der Waals surface area contributed by atoms with Gasteiger partial charge in [-0.1, -0.05) is 30.3 Å². The van der Waals surface area contributed by atoms with Gasteiger partial charge in [0.15, 0.2) is 11.5 Å². The molecule has 0 atom stereocenters. The summed E-state index contributed by atoms with van der Waals surface area (Å²) >= 11 is 1.26. The summed E-state index contributed by atoms with van der Waals surface area (Å²) in [4.78, 5) is 38.8. The van der Waals surface area contributed by atoms with Gasteiger partial charge in [-0.15, -0.1) is 11.3 Å². The third-order valence-electron chi connectivity index (χ3n) is 5.26. The summed E-state index contributed by atoms with van der Waals surface area (Å²) in [5, 5.41) is 4.53. The molecule has 32 heavy (non-hydrogen) atoms. The normalized spacial score (nSPS) is 12.2. The van der Waals surface area contributed by atoms with Crippen LogP contribution in [-0.4, -0.2) is 21.8 Å². The van der Waals surface area contributed by atoms with E-state index in [1.165, 1.54) is 20.5 Å². The van der Waals surface area contributed by atoms with Crippen molar-refractivity contribution < 1.29 is 14.3 Å². The minimum absolute atomic E-state index is 0.142. The number of amides is 1. The molecule has 3 heterocycles. The quantitative estimate of drug-likeness (QED) is 0.489. The van der Waals surface area contributed by atoms with Gasteiger partial charge >= 0.3 is 5.69 Å². The number of rotatable bonds is 6. The molecule has 162 valence electrons. The molecular formula is C23H19N3O5S. The second-order valence-electron chi connectivity index (χ2n) is 7.31. The van der Waals surface area contributed by atoms with Gasteiger partial charge in [-0.2, -0.15) is 0 Å². The van der Waals surface area contributed by atoms with Crippen LogP contribution in [-0.2, 0) is 24.3 Å². The number of nitrogens with zero attached hydrogens (tertiary/aromatic N) is 2. The van der Waals surface area contributed by atoms with Crippen LogP contribution >= 0.6 is 11.3 Å². The van der Waals surface area contributed by atoms with E-state index < -0.39 is 5.69 Å². The zero-order chi connectivity index (χ0) is 22.1. The maximum Gasteiger partial charge on any atom is 0.332 e. The van der Waals surface area contributed by atoms with Crippen molar-refractivity contribution in [2.45, 2.75) is 19.5 Å². The van der Waals surface area contributed by atoms with Gasteiger partial charge in [0.2, 0.25) is 12.7 Å². The third kappa shape index (κ3) is 3.78. The predicted octanol–water partition coefficient (Wildman–Crippen LogP) is 2.83. The Balaban J connectivity index is 1.42. The molecule has 0 spiro atoms. The molecule has 9 heteroatoms. The van der Waals surface area contributed by atoms with Crippen LogP contribution in [0.3, 0.4) is 0 Å². The molecule has 1 amide bonds. The molecule has 1 aliphatic heterocycles. The predicted molar refractivity (Wildman–Crippen MR) is 122 cm³/mol. The van der Waals surface area contributed by atoms with Gasteiger partial charge in [0.25, 0.3) is 5.56 Å². The number of hydrogen-bond acceptors (Lipinski definition) is 6. The van der Waals surface area contributed by atoms with Crippen molar-refractivity contribution in [2.75, 3.05) is 12.1 Å². The Hall–Kier alpha value is -3.85. The molecule has 0 radical (unpaired) electrons. The smallest absolute Gasteiger partial charge is 0.332 e. The number of nitrogens with one attached hydrogen (secondary N) is 1. The average Bonchev–Trinajstić information content (AvgIpc) is 3.47. The number of aromatic nitrogens is 2. The summed E-state index contributed by atoms with van der Waals surface area (Å²) in [6.07, 6.45) is 0.538. The van der Waals surface area contributed by atoms with E-state index in [0.717, 1.165) is 5.56 Å². The van der Waals surface area contributed by atoms with E-state index in [-0.39, 0.29) is 31.3 Å². The van der Waals surface area contributed by atoms with Crippen LogP contribution in [0.2, 0.25) is 0 Å². The van der Waals surface area contributed by atoms with E-state index in [1.807, 2.05) is 30.3 Å². The molecule has 0 aliphatic carbocycles. The Kier molecular flexibility index (Phi) is 5.24. The van der Waals surface area contributed by atoms with Gasteiger partial charge in [-0.25, -0.2) is 4.79 Å². The Bertz CT molecular complexity index is 1420. The maximum atomic E-state index is 13.2. The standard InChI is InChI=1S/C23H19N3O5S/c27-20(24-16-6-7-18-19(12-16)31-14-30-18)13-26-17-9-11-32-21(17)22(28)25(23(26)29)10-8-15-4-2-1-3-5-15/h1-7,9,11-12H,8,10,13-14H2,(H,24,27). The first-order chi connectivity index (χ1) is 15.6. The topological polar surface area (TPSA) is 91.6 Å². The van der Waals surface area contributed by atoms with E-state index >= 15 is 0 Å². The minimum Gasteiger partial charge on any atom is -0.454 e. The molecule has 5 rings (SSSR count). The number of thiophene rings is 1. The lowest BCUT2D eigenvalue weighted by atomic mass is 10.1. The number of hydrogen-bond donors (Lipinski definition) is 1. The van der Waals surface area contributed by atoms with Gasteiger partial charge in [0.1, 0.15) is 11.2 Å². The molecular weight excluding hydrogens is 430 g/mol. The van der Waals surface area contributed by atoms with Gasteiger partial charge in [0, 0.05) is 18.3 Å². The molecule has 0 saturated heterocycles. The monoisotopic (exact) mass is 449 g/mol. The van der Waals surface area contributed by atoms with Crippen LogP contribution in [0.1, 0.15) is 5.56 Å². The van der Waals surface area contributed by atoms with Crippen molar-refractivity contribution in [2.24, 2.45) is 0 Å². The van der Waals surface area contributed by atoms with E-state index in [1.54, 1.807) is 29.6 Å². The summed E-state index contributed by atoms with van der Waals surface area (Å²) in [5.41, 5.74) is 1.19. The van der Waals surface area contributed by atoms with Gasteiger partial charge in [-0.3, -0.25) is 18.7 Å². The van der Waals surface area contributed by atoms with Crippen LogP contribution in [0.5, 0.6) is 11.5 Å². The Morgan fingerprint density at radius 3 is 2.66 bits per heavy atom. The Labute approximate surface area is 186 Å². The van der Waals surface area contributed by atoms with Crippen LogP contribution in [0.15, 0.2) is 69.6 Å². The number of carbonyl (C=O) groups is 1. The largest absolute Gasteiger partial charge is 0.454 e. The highest BCUT2D eigenvalue weighted by Gasteiger charge is 2.18. The lowest BCUT2D eigenvalue weighted by molar-refractivity contribution is -0.116. The molecule has 4 aromatic rings. The number of carbonyl (C=O) groups excluding carboxylic acids is 1. The highest BCUT2D eigenvalue weighted by atomic mass is 32.1. The molecule has 1 N–H and O–H groups in total. The fourth-order valence-electron chi connectivity index (χ4n) is 3.69. The molecule has 1 aliphatic rings. The first kappa shape index (κ1) is 20.1. The number of ether oxygens (including phenoxy) is 2.